The molecule has 1 saturated heterocycles. The fourth-order valence-electron chi connectivity index (χ4n) is 2.33. The zero-order chi connectivity index (χ0) is 14.0. The molecule has 1 amide bonds. The molecule has 19 heavy (non-hydrogen) atoms. The van der Waals surface area contributed by atoms with Crippen LogP contribution >= 0.6 is 0 Å². The van der Waals surface area contributed by atoms with Crippen molar-refractivity contribution in [3.63, 3.8) is 0 Å². The second-order valence-corrected chi connectivity index (χ2v) is 4.81. The molecule has 0 aromatic heterocycles. The number of nitro groups is 1. The minimum atomic E-state index is -0.849. The number of nitro benzene ring substituents is 1. The van der Waals surface area contributed by atoms with Crippen molar-refractivity contribution in [2.24, 2.45) is 5.92 Å². The third-order valence-corrected chi connectivity index (χ3v) is 3.41. The van der Waals surface area contributed by atoms with E-state index in [1.807, 2.05) is 6.92 Å². The third-order valence-electron chi connectivity index (χ3n) is 3.41. The Morgan fingerprint density at radius 1 is 1.53 bits per heavy atom. The van der Waals surface area contributed by atoms with Crippen LogP contribution in [0.3, 0.4) is 0 Å². The molecule has 1 aliphatic rings. The zero-order valence-corrected chi connectivity index (χ0v) is 10.6. The van der Waals surface area contributed by atoms with E-state index in [4.69, 9.17) is 0 Å². The Labute approximate surface area is 110 Å². The van der Waals surface area contributed by atoms with Crippen molar-refractivity contribution in [1.29, 1.82) is 0 Å². The summed E-state index contributed by atoms with van der Waals surface area (Å²) in [6.45, 7) is 2.51. The quantitative estimate of drug-likeness (QED) is 0.623. The molecule has 1 aliphatic heterocycles. The highest BCUT2D eigenvalue weighted by Crippen LogP contribution is 2.24. The molecule has 0 saturated carbocycles. The second kappa shape index (κ2) is 5.34. The monoisotopic (exact) mass is 266 g/mol. The number of carbonyl (C=O) groups is 1. The van der Waals surface area contributed by atoms with Crippen LogP contribution < -0.4 is 0 Å². The summed E-state index contributed by atoms with van der Waals surface area (Å²) in [4.78, 5) is 23.4. The van der Waals surface area contributed by atoms with Gasteiger partial charge in [-0.1, -0.05) is 19.1 Å². The first-order chi connectivity index (χ1) is 9.00. The minimum Gasteiger partial charge on any atom is -0.338 e. The number of amides is 1. The van der Waals surface area contributed by atoms with Crippen molar-refractivity contribution in [1.82, 2.24) is 4.90 Å². The molecule has 0 N–H and O–H groups in total. The van der Waals surface area contributed by atoms with E-state index in [9.17, 15) is 19.3 Å². The molecule has 0 radical (unpaired) electrons. The number of carbonyl (C=O) groups excluding carboxylic acids is 1. The zero-order valence-electron chi connectivity index (χ0n) is 10.6. The van der Waals surface area contributed by atoms with Crippen molar-refractivity contribution < 1.29 is 14.1 Å². The van der Waals surface area contributed by atoms with E-state index in [2.05, 4.69) is 0 Å². The molecule has 0 aliphatic carbocycles. The van der Waals surface area contributed by atoms with Gasteiger partial charge in [0.1, 0.15) is 0 Å². The summed E-state index contributed by atoms with van der Waals surface area (Å²) in [5.41, 5.74) is -0.355. The van der Waals surface area contributed by atoms with Crippen molar-refractivity contribution in [3.05, 3.63) is 39.7 Å². The normalized spacial score (nSPS) is 19.6. The number of nitrogens with zero attached hydrogens (tertiary/aromatic N) is 2. The van der Waals surface area contributed by atoms with E-state index in [1.54, 1.807) is 4.90 Å². The number of hydrogen-bond acceptors (Lipinski definition) is 3. The average molecular weight is 266 g/mol. The van der Waals surface area contributed by atoms with Gasteiger partial charge >= 0.3 is 5.69 Å². The predicted octanol–water partition coefficient (Wildman–Crippen LogP) is 2.49. The lowest BCUT2D eigenvalue weighted by Crippen LogP contribution is -2.39. The SMILES string of the molecule is CC1CCCN(Cc2cccc([N+](=O)[O-])c2F)C1=O. The Morgan fingerprint density at radius 2 is 2.26 bits per heavy atom. The van der Waals surface area contributed by atoms with Crippen LogP contribution in [-0.2, 0) is 11.3 Å². The highest BCUT2D eigenvalue weighted by molar-refractivity contribution is 5.79. The number of rotatable bonds is 3. The van der Waals surface area contributed by atoms with Gasteiger partial charge in [-0.25, -0.2) is 0 Å². The van der Waals surface area contributed by atoms with E-state index in [-0.39, 0.29) is 23.9 Å². The van der Waals surface area contributed by atoms with Gasteiger partial charge in [0, 0.05) is 30.6 Å². The molecule has 0 spiro atoms. The van der Waals surface area contributed by atoms with Gasteiger partial charge in [0.2, 0.25) is 11.7 Å². The molecular weight excluding hydrogens is 251 g/mol. The summed E-state index contributed by atoms with van der Waals surface area (Å²) < 4.78 is 13.9. The van der Waals surface area contributed by atoms with Crippen molar-refractivity contribution in [2.75, 3.05) is 6.54 Å². The molecule has 1 unspecified atom stereocenters. The maximum Gasteiger partial charge on any atom is 0.305 e. The first kappa shape index (κ1) is 13.5. The van der Waals surface area contributed by atoms with Gasteiger partial charge in [0.15, 0.2) is 0 Å². The lowest BCUT2D eigenvalue weighted by molar-refractivity contribution is -0.387. The second-order valence-electron chi connectivity index (χ2n) is 4.81. The molecule has 0 bridgehead atoms. The number of piperidine rings is 1. The Bertz CT molecular complexity index is 519. The van der Waals surface area contributed by atoms with Crippen LogP contribution in [0.5, 0.6) is 0 Å². The smallest absolute Gasteiger partial charge is 0.305 e. The van der Waals surface area contributed by atoms with Gasteiger partial charge in [-0.05, 0) is 12.8 Å². The lowest BCUT2D eigenvalue weighted by atomic mass is 9.98. The standard InChI is InChI=1S/C13H15FN2O3/c1-9-4-3-7-15(13(9)17)8-10-5-2-6-11(12(10)14)16(18)19/h2,5-6,9H,3-4,7-8H2,1H3. The maximum absolute atomic E-state index is 13.9. The van der Waals surface area contributed by atoms with Gasteiger partial charge in [0.05, 0.1) is 4.92 Å². The van der Waals surface area contributed by atoms with E-state index in [0.717, 1.165) is 18.9 Å². The minimum absolute atomic E-state index is 0.0165. The van der Waals surface area contributed by atoms with Crippen LogP contribution in [0.25, 0.3) is 0 Å². The van der Waals surface area contributed by atoms with Crippen LogP contribution in [-0.4, -0.2) is 22.3 Å². The van der Waals surface area contributed by atoms with Gasteiger partial charge in [0.25, 0.3) is 0 Å². The van der Waals surface area contributed by atoms with Crippen molar-refractivity contribution in [3.8, 4) is 0 Å². The van der Waals surface area contributed by atoms with Crippen LogP contribution in [0, 0.1) is 21.8 Å². The fraction of sp³-hybridized carbons (Fsp3) is 0.462. The number of hydrogen-bond donors (Lipinski definition) is 0. The predicted molar refractivity (Wildman–Crippen MR) is 66.9 cm³/mol. The molecule has 6 heteroatoms. The van der Waals surface area contributed by atoms with Crippen molar-refractivity contribution >= 4 is 11.6 Å². The molecular formula is C13H15FN2O3. The highest BCUT2D eigenvalue weighted by Gasteiger charge is 2.27. The van der Waals surface area contributed by atoms with Crippen LogP contribution in [0.15, 0.2) is 18.2 Å². The molecule has 1 heterocycles. The van der Waals surface area contributed by atoms with E-state index in [0.29, 0.717) is 6.54 Å². The lowest BCUT2D eigenvalue weighted by Gasteiger charge is -2.30. The van der Waals surface area contributed by atoms with E-state index in [1.165, 1.54) is 12.1 Å². The third kappa shape index (κ3) is 2.72. The number of benzene rings is 1. The summed E-state index contributed by atoms with van der Waals surface area (Å²) in [6, 6.07) is 4.04. The van der Waals surface area contributed by atoms with Crippen LogP contribution in [0.4, 0.5) is 10.1 Å². The molecule has 1 fully saturated rings. The summed E-state index contributed by atoms with van der Waals surface area (Å²) >= 11 is 0. The number of halogens is 1. The average Bonchev–Trinajstić information content (AvgIpc) is 2.37. The van der Waals surface area contributed by atoms with Crippen LogP contribution in [0.1, 0.15) is 25.3 Å². The Hall–Kier alpha value is -1.98. The summed E-state index contributed by atoms with van der Waals surface area (Å²) in [6.07, 6.45) is 1.72. The first-order valence-electron chi connectivity index (χ1n) is 6.21. The van der Waals surface area contributed by atoms with Gasteiger partial charge in [-0.3, -0.25) is 14.9 Å². The van der Waals surface area contributed by atoms with Crippen molar-refractivity contribution in [2.45, 2.75) is 26.3 Å². The molecule has 5 nitrogen and oxygen atoms in total. The Morgan fingerprint density at radius 3 is 2.95 bits per heavy atom. The largest absolute Gasteiger partial charge is 0.338 e. The van der Waals surface area contributed by atoms with E-state index < -0.39 is 16.4 Å². The van der Waals surface area contributed by atoms with Gasteiger partial charge < -0.3 is 4.90 Å². The summed E-state index contributed by atoms with van der Waals surface area (Å²) in [5.74, 6) is -0.925. The van der Waals surface area contributed by atoms with Gasteiger partial charge in [-0.2, -0.15) is 4.39 Å². The van der Waals surface area contributed by atoms with Crippen LogP contribution in [0.2, 0.25) is 0 Å². The molecule has 1 aromatic rings. The topological polar surface area (TPSA) is 63.4 Å². The summed E-state index contributed by atoms with van der Waals surface area (Å²) in [7, 11) is 0. The fourth-order valence-corrected chi connectivity index (χ4v) is 2.33. The molecule has 2 rings (SSSR count). The number of likely N-dealkylation sites (tertiary alicyclic amines) is 1. The Kier molecular flexibility index (Phi) is 3.78. The Balaban J connectivity index is 2.21. The summed E-state index contributed by atoms with van der Waals surface area (Å²) in [5, 5.41) is 10.7. The highest BCUT2D eigenvalue weighted by atomic mass is 19.1. The van der Waals surface area contributed by atoms with Gasteiger partial charge in [-0.15, -0.1) is 0 Å². The maximum atomic E-state index is 13.9. The molecule has 102 valence electrons. The molecule has 1 atom stereocenters. The first-order valence-corrected chi connectivity index (χ1v) is 6.21. The van der Waals surface area contributed by atoms with E-state index >= 15 is 0 Å². The molecule has 1 aromatic carbocycles.